The molecule has 3 rings (SSSR count). The second-order valence-corrected chi connectivity index (χ2v) is 5.35. The van der Waals surface area contributed by atoms with E-state index in [0.29, 0.717) is 5.75 Å². The number of aromatic hydroxyl groups is 2. The predicted molar refractivity (Wildman–Crippen MR) is 89.7 cm³/mol. The number of allylic oxidation sites excluding steroid dienone is 3. The molecule has 0 spiro atoms. The molecule has 0 saturated carbocycles. The fraction of sp³-hybridized carbons (Fsp3) is 0.150. The fourth-order valence-corrected chi connectivity index (χ4v) is 2.85. The molecule has 2 aromatic rings. The van der Waals surface area contributed by atoms with E-state index < -0.39 is 0 Å². The van der Waals surface area contributed by atoms with Gasteiger partial charge in [0, 0.05) is 5.57 Å². The van der Waals surface area contributed by atoms with E-state index >= 15 is 0 Å². The summed E-state index contributed by atoms with van der Waals surface area (Å²) in [5.41, 5.74) is 8.78. The van der Waals surface area contributed by atoms with Crippen LogP contribution in [0.4, 0.5) is 0 Å². The second kappa shape index (κ2) is 5.97. The zero-order valence-electron chi connectivity index (χ0n) is 12.5. The van der Waals surface area contributed by atoms with E-state index in [9.17, 15) is 10.2 Å². The minimum absolute atomic E-state index is 0.264. The van der Waals surface area contributed by atoms with Crippen LogP contribution in [0.5, 0.6) is 11.5 Å². The third-order valence-electron chi connectivity index (χ3n) is 3.86. The van der Waals surface area contributed by atoms with Crippen molar-refractivity contribution in [2.75, 3.05) is 0 Å². The molecule has 2 N–H and O–H groups in total. The number of aryl methyl sites for hydroxylation is 1. The zero-order chi connectivity index (χ0) is 15.5. The van der Waals surface area contributed by atoms with Crippen LogP contribution in [-0.2, 0) is 6.42 Å². The van der Waals surface area contributed by atoms with E-state index in [1.54, 1.807) is 18.2 Å². The van der Waals surface area contributed by atoms with E-state index in [4.69, 9.17) is 0 Å². The maximum absolute atomic E-state index is 9.73. The summed E-state index contributed by atoms with van der Waals surface area (Å²) in [6.45, 7) is 1.95. The average molecular weight is 290 g/mol. The van der Waals surface area contributed by atoms with Crippen LogP contribution in [0, 0.1) is 0 Å². The number of rotatable bonds is 1. The van der Waals surface area contributed by atoms with Crippen molar-refractivity contribution in [1.82, 2.24) is 0 Å². The number of hydrogen-bond donors (Lipinski definition) is 2. The summed E-state index contributed by atoms with van der Waals surface area (Å²) in [6.07, 6.45) is 5.91. The van der Waals surface area contributed by atoms with Gasteiger partial charge in [0.2, 0.25) is 0 Å². The van der Waals surface area contributed by atoms with Crippen molar-refractivity contribution in [2.24, 2.45) is 0 Å². The van der Waals surface area contributed by atoms with Crippen molar-refractivity contribution in [1.29, 1.82) is 0 Å². The number of phenols is 2. The predicted octanol–water partition coefficient (Wildman–Crippen LogP) is 4.69. The van der Waals surface area contributed by atoms with Crippen molar-refractivity contribution >= 4 is 11.1 Å². The lowest BCUT2D eigenvalue weighted by Gasteiger charge is -2.12. The minimum Gasteiger partial charge on any atom is -0.508 e. The Labute approximate surface area is 130 Å². The molecular weight excluding hydrogens is 272 g/mol. The summed E-state index contributed by atoms with van der Waals surface area (Å²) >= 11 is 0. The summed E-state index contributed by atoms with van der Waals surface area (Å²) in [4.78, 5) is 0. The molecule has 110 valence electrons. The van der Waals surface area contributed by atoms with Crippen LogP contribution >= 0.6 is 0 Å². The van der Waals surface area contributed by atoms with Crippen molar-refractivity contribution < 1.29 is 10.2 Å². The number of fused-ring (bicyclic) bond motifs is 1. The van der Waals surface area contributed by atoms with Crippen molar-refractivity contribution in [2.45, 2.75) is 19.8 Å². The third kappa shape index (κ3) is 2.69. The fourth-order valence-electron chi connectivity index (χ4n) is 2.85. The van der Waals surface area contributed by atoms with Gasteiger partial charge < -0.3 is 10.2 Å². The van der Waals surface area contributed by atoms with Crippen LogP contribution in [-0.4, -0.2) is 10.2 Å². The van der Waals surface area contributed by atoms with E-state index in [1.807, 2.05) is 37.3 Å². The highest BCUT2D eigenvalue weighted by Crippen LogP contribution is 2.37. The Morgan fingerprint density at radius 2 is 1.73 bits per heavy atom. The van der Waals surface area contributed by atoms with Crippen LogP contribution in [0.3, 0.4) is 0 Å². The smallest absolute Gasteiger partial charge is 0.115 e. The molecule has 0 fully saturated rings. The SMILES string of the molecule is CC=C=C1C(c2ccc(O)cc2)=CCCc2cc(O)ccc21. The third-order valence-corrected chi connectivity index (χ3v) is 3.86. The van der Waals surface area contributed by atoms with Gasteiger partial charge in [0.15, 0.2) is 0 Å². The van der Waals surface area contributed by atoms with Crippen LogP contribution in [0.2, 0.25) is 0 Å². The first-order chi connectivity index (χ1) is 10.7. The van der Waals surface area contributed by atoms with Gasteiger partial charge in [0.05, 0.1) is 0 Å². The molecule has 2 nitrogen and oxygen atoms in total. The lowest BCUT2D eigenvalue weighted by molar-refractivity contribution is 0.474. The molecule has 2 aromatic carbocycles. The molecule has 0 radical (unpaired) electrons. The maximum Gasteiger partial charge on any atom is 0.115 e. The first-order valence-electron chi connectivity index (χ1n) is 7.42. The molecule has 0 unspecified atom stereocenters. The summed E-state index contributed by atoms with van der Waals surface area (Å²) < 4.78 is 0. The summed E-state index contributed by atoms with van der Waals surface area (Å²) in [5.74, 6) is 0.562. The summed E-state index contributed by atoms with van der Waals surface area (Å²) in [7, 11) is 0. The van der Waals surface area contributed by atoms with Gasteiger partial charge in [-0.15, -0.1) is 5.73 Å². The van der Waals surface area contributed by atoms with Gasteiger partial charge in [-0.1, -0.05) is 18.2 Å². The van der Waals surface area contributed by atoms with E-state index in [-0.39, 0.29) is 5.75 Å². The van der Waals surface area contributed by atoms with Crippen molar-refractivity contribution in [3.8, 4) is 11.5 Å². The molecule has 0 atom stereocenters. The first kappa shape index (κ1) is 14.2. The Morgan fingerprint density at radius 3 is 2.45 bits per heavy atom. The molecule has 22 heavy (non-hydrogen) atoms. The highest BCUT2D eigenvalue weighted by Gasteiger charge is 2.17. The molecular formula is C20H18O2. The van der Waals surface area contributed by atoms with E-state index in [0.717, 1.165) is 40.7 Å². The molecule has 0 amide bonds. The number of benzene rings is 2. The number of hydrogen-bond acceptors (Lipinski definition) is 2. The van der Waals surface area contributed by atoms with Crippen LogP contribution < -0.4 is 0 Å². The van der Waals surface area contributed by atoms with E-state index in [2.05, 4.69) is 11.8 Å². The Bertz CT molecular complexity index is 789. The maximum atomic E-state index is 9.73. The molecule has 0 aliphatic heterocycles. The molecule has 0 aromatic heterocycles. The minimum atomic E-state index is 0.264. The van der Waals surface area contributed by atoms with Crippen LogP contribution in [0.15, 0.2) is 60.3 Å². The largest absolute Gasteiger partial charge is 0.508 e. The topological polar surface area (TPSA) is 40.5 Å². The van der Waals surface area contributed by atoms with Crippen molar-refractivity contribution in [3.63, 3.8) is 0 Å². The molecule has 1 aliphatic carbocycles. The van der Waals surface area contributed by atoms with E-state index in [1.165, 1.54) is 0 Å². The summed E-state index contributed by atoms with van der Waals surface area (Å²) in [5, 5.41) is 19.2. The quantitative estimate of drug-likeness (QED) is 0.748. The van der Waals surface area contributed by atoms with Crippen molar-refractivity contribution in [3.05, 3.63) is 77.0 Å². The molecule has 2 heteroatoms. The highest BCUT2D eigenvalue weighted by atomic mass is 16.3. The first-order valence-corrected chi connectivity index (χ1v) is 7.42. The average Bonchev–Trinajstić information content (AvgIpc) is 2.68. The zero-order valence-corrected chi connectivity index (χ0v) is 12.5. The molecule has 0 saturated heterocycles. The highest BCUT2D eigenvalue weighted by molar-refractivity contribution is 6.05. The second-order valence-electron chi connectivity index (χ2n) is 5.35. The van der Waals surface area contributed by atoms with Gasteiger partial charge in [-0.2, -0.15) is 0 Å². The molecule has 0 heterocycles. The standard InChI is InChI=1S/C20H18O2/c1-2-4-20-18(14-7-9-16(21)10-8-14)6-3-5-15-13-17(22)11-12-19(15)20/h2,6-13,21-22H,3,5H2,1H3. The normalized spacial score (nSPS) is 13.7. The Morgan fingerprint density at radius 1 is 1.00 bits per heavy atom. The van der Waals surface area contributed by atoms with Gasteiger partial charge in [-0.05, 0) is 78.4 Å². The Hall–Kier alpha value is -2.70. The monoisotopic (exact) mass is 290 g/mol. The van der Waals surface area contributed by atoms with Gasteiger partial charge in [0.25, 0.3) is 0 Å². The number of phenolic OH excluding ortho intramolecular Hbond substituents is 2. The Balaban J connectivity index is 2.18. The molecule has 0 bridgehead atoms. The van der Waals surface area contributed by atoms with Gasteiger partial charge in [-0.3, -0.25) is 0 Å². The van der Waals surface area contributed by atoms with Gasteiger partial charge in [0.1, 0.15) is 11.5 Å². The Kier molecular flexibility index (Phi) is 3.86. The van der Waals surface area contributed by atoms with Crippen LogP contribution in [0.1, 0.15) is 30.0 Å². The van der Waals surface area contributed by atoms with Crippen LogP contribution in [0.25, 0.3) is 11.1 Å². The summed E-state index contributed by atoms with van der Waals surface area (Å²) in [6, 6.07) is 12.7. The van der Waals surface area contributed by atoms with Gasteiger partial charge >= 0.3 is 0 Å². The lowest BCUT2D eigenvalue weighted by atomic mass is 9.91. The lowest BCUT2D eigenvalue weighted by Crippen LogP contribution is -1.92. The van der Waals surface area contributed by atoms with Gasteiger partial charge in [-0.25, -0.2) is 0 Å². The molecule has 1 aliphatic rings.